The average Bonchev–Trinajstić information content (AvgIpc) is 2.78. The van der Waals surface area contributed by atoms with E-state index in [0.717, 1.165) is 53.0 Å². The first-order valence-electron chi connectivity index (χ1n) is 9.46. The van der Waals surface area contributed by atoms with Crippen molar-refractivity contribution in [2.45, 2.75) is 52.9 Å². The van der Waals surface area contributed by atoms with E-state index in [4.69, 9.17) is 4.74 Å². The molecule has 0 amide bonds. The zero-order valence-electron chi connectivity index (χ0n) is 16.5. The van der Waals surface area contributed by atoms with Crippen LogP contribution in [0.4, 0.5) is 0 Å². The van der Waals surface area contributed by atoms with Gasteiger partial charge in [-0.15, -0.1) is 0 Å². The third-order valence-electron chi connectivity index (χ3n) is 5.29. The highest BCUT2D eigenvalue weighted by atomic mass is 16.5. The second-order valence-corrected chi connectivity index (χ2v) is 7.79. The average molecular weight is 348 g/mol. The minimum absolute atomic E-state index is 0.133. The number of ether oxygens (including phenoxy) is 1. The molecule has 26 heavy (non-hydrogen) atoms. The van der Waals surface area contributed by atoms with E-state index in [1.807, 2.05) is 19.1 Å². The number of ketones is 1. The second kappa shape index (κ2) is 7.11. The van der Waals surface area contributed by atoms with Crippen LogP contribution in [0.25, 0.3) is 6.08 Å². The van der Waals surface area contributed by atoms with Gasteiger partial charge in [-0.2, -0.15) is 0 Å². The molecule has 2 heteroatoms. The van der Waals surface area contributed by atoms with Crippen molar-refractivity contribution in [1.82, 2.24) is 0 Å². The maximum Gasteiger partial charge on any atom is 0.190 e. The maximum absolute atomic E-state index is 13.1. The van der Waals surface area contributed by atoms with Gasteiger partial charge >= 0.3 is 0 Å². The summed E-state index contributed by atoms with van der Waals surface area (Å²) in [4.78, 5) is 13.1. The number of carbonyl (C=O) groups is 1. The van der Waals surface area contributed by atoms with Crippen LogP contribution in [0.2, 0.25) is 0 Å². The fraction of sp³-hybridized carbons (Fsp3) is 0.375. The number of allylic oxidation sites excluding steroid dienone is 1. The molecule has 0 atom stereocenters. The Morgan fingerprint density at radius 2 is 1.77 bits per heavy atom. The lowest BCUT2D eigenvalue weighted by molar-refractivity contribution is 0.103. The standard InChI is InChI=1S/C24H28O2/c1-6-7-12-26-22-15-20-19(13-17(22)3)23(25)21(24(20,4)5)14-18-10-8-16(2)9-11-18/h8-11,13-15H,6-7,12H2,1-5H3/b21-14-. The Morgan fingerprint density at radius 1 is 1.08 bits per heavy atom. The fourth-order valence-corrected chi connectivity index (χ4v) is 3.52. The lowest BCUT2D eigenvalue weighted by Crippen LogP contribution is -2.17. The monoisotopic (exact) mass is 348 g/mol. The number of fused-ring (bicyclic) bond motifs is 1. The maximum atomic E-state index is 13.1. The van der Waals surface area contributed by atoms with E-state index in [2.05, 4.69) is 58.0 Å². The van der Waals surface area contributed by atoms with Crippen molar-refractivity contribution in [3.63, 3.8) is 0 Å². The summed E-state index contributed by atoms with van der Waals surface area (Å²) in [5, 5.41) is 0. The smallest absolute Gasteiger partial charge is 0.190 e. The second-order valence-electron chi connectivity index (χ2n) is 7.79. The molecule has 2 nitrogen and oxygen atoms in total. The van der Waals surface area contributed by atoms with E-state index in [1.165, 1.54) is 5.56 Å². The zero-order chi connectivity index (χ0) is 18.9. The lowest BCUT2D eigenvalue weighted by Gasteiger charge is -2.22. The van der Waals surface area contributed by atoms with Gasteiger partial charge in [0.2, 0.25) is 0 Å². The fourth-order valence-electron chi connectivity index (χ4n) is 3.52. The van der Waals surface area contributed by atoms with Crippen LogP contribution in [-0.4, -0.2) is 12.4 Å². The van der Waals surface area contributed by atoms with Crippen LogP contribution in [0.15, 0.2) is 42.0 Å². The summed E-state index contributed by atoms with van der Waals surface area (Å²) in [5.41, 5.74) is 5.72. The van der Waals surface area contributed by atoms with Gasteiger partial charge < -0.3 is 4.74 Å². The van der Waals surface area contributed by atoms with Gasteiger partial charge in [0, 0.05) is 16.6 Å². The topological polar surface area (TPSA) is 26.3 Å². The van der Waals surface area contributed by atoms with E-state index < -0.39 is 0 Å². The molecule has 0 N–H and O–H groups in total. The minimum Gasteiger partial charge on any atom is -0.493 e. The van der Waals surface area contributed by atoms with Crippen molar-refractivity contribution in [2.24, 2.45) is 0 Å². The zero-order valence-corrected chi connectivity index (χ0v) is 16.5. The number of hydrogen-bond acceptors (Lipinski definition) is 2. The van der Waals surface area contributed by atoms with E-state index in [1.54, 1.807) is 0 Å². The highest BCUT2D eigenvalue weighted by molar-refractivity contribution is 6.17. The summed E-state index contributed by atoms with van der Waals surface area (Å²) in [6.45, 7) is 11.2. The van der Waals surface area contributed by atoms with Crippen molar-refractivity contribution in [3.8, 4) is 5.75 Å². The number of aryl methyl sites for hydroxylation is 2. The number of carbonyl (C=O) groups excluding carboxylic acids is 1. The van der Waals surface area contributed by atoms with E-state index in [9.17, 15) is 4.79 Å². The third-order valence-corrected chi connectivity index (χ3v) is 5.29. The van der Waals surface area contributed by atoms with Gasteiger partial charge in [-0.05, 0) is 55.2 Å². The number of hydrogen-bond donors (Lipinski definition) is 0. The molecule has 0 bridgehead atoms. The molecule has 0 aromatic heterocycles. The van der Waals surface area contributed by atoms with Gasteiger partial charge in [0.25, 0.3) is 0 Å². The molecule has 2 aromatic carbocycles. The molecule has 0 unspecified atom stereocenters. The first-order valence-corrected chi connectivity index (χ1v) is 9.46. The number of Topliss-reactive ketones (excluding diaryl/α,β-unsaturated/α-hetero) is 1. The lowest BCUT2D eigenvalue weighted by atomic mass is 9.81. The molecule has 0 spiro atoms. The van der Waals surface area contributed by atoms with Crippen LogP contribution < -0.4 is 4.74 Å². The van der Waals surface area contributed by atoms with Crippen LogP contribution in [-0.2, 0) is 5.41 Å². The molecule has 1 aliphatic carbocycles. The first kappa shape index (κ1) is 18.4. The van der Waals surface area contributed by atoms with Crippen molar-refractivity contribution < 1.29 is 9.53 Å². The summed E-state index contributed by atoms with van der Waals surface area (Å²) in [6, 6.07) is 12.4. The van der Waals surface area contributed by atoms with Gasteiger partial charge in [-0.3, -0.25) is 4.79 Å². The van der Waals surface area contributed by atoms with Crippen LogP contribution in [0.3, 0.4) is 0 Å². The molecule has 0 heterocycles. The molecule has 0 fully saturated rings. The molecule has 2 aromatic rings. The number of rotatable bonds is 5. The number of benzene rings is 2. The predicted molar refractivity (Wildman–Crippen MR) is 108 cm³/mol. The van der Waals surface area contributed by atoms with Gasteiger partial charge in [0.15, 0.2) is 5.78 Å². The van der Waals surface area contributed by atoms with Gasteiger partial charge in [0.1, 0.15) is 5.75 Å². The van der Waals surface area contributed by atoms with Gasteiger partial charge in [0.05, 0.1) is 6.61 Å². The Kier molecular flexibility index (Phi) is 5.04. The Morgan fingerprint density at radius 3 is 2.42 bits per heavy atom. The minimum atomic E-state index is -0.326. The predicted octanol–water partition coefficient (Wildman–Crippen LogP) is 6.04. The molecule has 0 radical (unpaired) electrons. The van der Waals surface area contributed by atoms with Crippen LogP contribution >= 0.6 is 0 Å². The normalized spacial score (nSPS) is 16.8. The van der Waals surface area contributed by atoms with Gasteiger partial charge in [-0.25, -0.2) is 0 Å². The van der Waals surface area contributed by atoms with Gasteiger partial charge in [-0.1, -0.05) is 57.0 Å². The third kappa shape index (κ3) is 3.33. The first-order chi connectivity index (χ1) is 12.3. The van der Waals surface area contributed by atoms with Crippen molar-refractivity contribution in [3.05, 3.63) is 69.8 Å². The molecular formula is C24H28O2. The summed E-state index contributed by atoms with van der Waals surface area (Å²) < 4.78 is 5.97. The van der Waals surface area contributed by atoms with Crippen molar-refractivity contribution >= 4 is 11.9 Å². The Balaban J connectivity index is 2.01. The van der Waals surface area contributed by atoms with E-state index in [0.29, 0.717) is 0 Å². The molecule has 3 rings (SSSR count). The molecule has 0 saturated heterocycles. The number of unbranched alkanes of at least 4 members (excludes halogenated alkanes) is 1. The summed E-state index contributed by atoms with van der Waals surface area (Å²) in [7, 11) is 0. The quantitative estimate of drug-likeness (QED) is 0.486. The van der Waals surface area contributed by atoms with Crippen molar-refractivity contribution in [1.29, 1.82) is 0 Å². The largest absolute Gasteiger partial charge is 0.493 e. The van der Waals surface area contributed by atoms with E-state index >= 15 is 0 Å². The van der Waals surface area contributed by atoms with Crippen LogP contribution in [0, 0.1) is 13.8 Å². The summed E-state index contributed by atoms with van der Waals surface area (Å²) in [5.74, 6) is 1.03. The highest BCUT2D eigenvalue weighted by Crippen LogP contribution is 2.45. The SMILES string of the molecule is CCCCOc1cc2c(cc1C)C(=O)/C(=C/c1ccc(C)cc1)C2(C)C. The molecule has 0 saturated carbocycles. The summed E-state index contributed by atoms with van der Waals surface area (Å²) in [6.07, 6.45) is 4.18. The summed E-state index contributed by atoms with van der Waals surface area (Å²) >= 11 is 0. The molecular weight excluding hydrogens is 320 g/mol. The van der Waals surface area contributed by atoms with Crippen LogP contribution in [0.1, 0.15) is 66.2 Å². The molecule has 0 aliphatic heterocycles. The molecule has 136 valence electrons. The Labute approximate surface area is 156 Å². The molecule has 1 aliphatic rings. The van der Waals surface area contributed by atoms with Crippen molar-refractivity contribution in [2.75, 3.05) is 6.61 Å². The highest BCUT2D eigenvalue weighted by Gasteiger charge is 2.41. The van der Waals surface area contributed by atoms with E-state index in [-0.39, 0.29) is 11.2 Å². The Hall–Kier alpha value is -2.35. The Bertz CT molecular complexity index is 855. The van der Waals surface area contributed by atoms with Crippen LogP contribution in [0.5, 0.6) is 5.75 Å².